The number of thioether (sulfide) groups is 1. The average molecular weight is 114 g/mol. The minimum atomic E-state index is 0.208. The van der Waals surface area contributed by atoms with Gasteiger partial charge in [-0.1, -0.05) is 0 Å². The molecule has 1 heterocycles. The van der Waals surface area contributed by atoms with Crippen LogP contribution in [-0.2, 0) is 0 Å². The Morgan fingerprint density at radius 2 is 2.71 bits per heavy atom. The van der Waals surface area contributed by atoms with E-state index >= 15 is 0 Å². The zero-order valence-electron chi connectivity index (χ0n) is 3.85. The van der Waals surface area contributed by atoms with Crippen LogP contribution in [0, 0.1) is 11.3 Å². The van der Waals surface area contributed by atoms with Gasteiger partial charge in [0, 0.05) is 12.4 Å². The third-order valence-electron chi connectivity index (χ3n) is 0.860. The lowest BCUT2D eigenvalue weighted by Crippen LogP contribution is -2.10. The van der Waals surface area contributed by atoms with Crippen molar-refractivity contribution in [3.63, 3.8) is 0 Å². The summed E-state index contributed by atoms with van der Waals surface area (Å²) < 4.78 is 0. The molecule has 2 nitrogen and oxygen atoms in total. The normalized spacial score (nSPS) is 29.9. The summed E-state index contributed by atoms with van der Waals surface area (Å²) >= 11 is 1.67. The number of nitrogens with one attached hydrogen (secondary N) is 1. The SMILES string of the molecule is N#CC1CNCS1. The highest BCUT2D eigenvalue weighted by Gasteiger charge is 2.11. The van der Waals surface area contributed by atoms with Gasteiger partial charge in [-0.15, -0.1) is 11.8 Å². The second kappa shape index (κ2) is 2.20. The zero-order valence-corrected chi connectivity index (χ0v) is 4.66. The maximum Gasteiger partial charge on any atom is 0.105 e. The van der Waals surface area contributed by atoms with Gasteiger partial charge < -0.3 is 5.32 Å². The minimum absolute atomic E-state index is 0.208. The first-order valence-electron chi connectivity index (χ1n) is 2.15. The first-order valence-corrected chi connectivity index (χ1v) is 3.20. The summed E-state index contributed by atoms with van der Waals surface area (Å²) in [7, 11) is 0. The van der Waals surface area contributed by atoms with E-state index in [0.717, 1.165) is 12.4 Å². The minimum Gasteiger partial charge on any atom is -0.306 e. The monoisotopic (exact) mass is 114 g/mol. The molecule has 1 N–H and O–H groups in total. The summed E-state index contributed by atoms with van der Waals surface area (Å²) in [6, 6.07) is 2.16. The Hall–Kier alpha value is -0.200. The molecule has 0 bridgehead atoms. The van der Waals surface area contributed by atoms with Crippen LogP contribution >= 0.6 is 11.8 Å². The Morgan fingerprint density at radius 1 is 1.86 bits per heavy atom. The molecule has 0 spiro atoms. The second-order valence-corrected chi connectivity index (χ2v) is 2.57. The van der Waals surface area contributed by atoms with E-state index in [0.29, 0.717) is 0 Å². The van der Waals surface area contributed by atoms with Gasteiger partial charge in [-0.05, 0) is 0 Å². The van der Waals surface area contributed by atoms with Gasteiger partial charge in [0.25, 0.3) is 0 Å². The van der Waals surface area contributed by atoms with Crippen LogP contribution < -0.4 is 5.32 Å². The van der Waals surface area contributed by atoms with Crippen LogP contribution in [-0.4, -0.2) is 17.7 Å². The topological polar surface area (TPSA) is 35.8 Å². The third-order valence-corrected chi connectivity index (χ3v) is 1.91. The summed E-state index contributed by atoms with van der Waals surface area (Å²) in [6.45, 7) is 0.862. The van der Waals surface area contributed by atoms with E-state index < -0.39 is 0 Å². The highest BCUT2D eigenvalue weighted by Crippen LogP contribution is 2.12. The summed E-state index contributed by atoms with van der Waals surface area (Å²) in [4.78, 5) is 0. The zero-order chi connectivity index (χ0) is 5.11. The Morgan fingerprint density at radius 3 is 3.00 bits per heavy atom. The first-order chi connectivity index (χ1) is 3.43. The van der Waals surface area contributed by atoms with Crippen molar-refractivity contribution >= 4 is 11.8 Å². The fraction of sp³-hybridized carbons (Fsp3) is 0.750. The lowest BCUT2D eigenvalue weighted by molar-refractivity contribution is 0.846. The van der Waals surface area contributed by atoms with Crippen LogP contribution in [0.5, 0.6) is 0 Å². The van der Waals surface area contributed by atoms with Crippen molar-refractivity contribution in [2.45, 2.75) is 5.25 Å². The molecular formula is C4H6N2S. The highest BCUT2D eigenvalue weighted by atomic mass is 32.2. The molecule has 0 saturated carbocycles. The summed E-state index contributed by atoms with van der Waals surface area (Å²) in [5.41, 5.74) is 0. The molecule has 1 atom stereocenters. The molecule has 0 aliphatic carbocycles. The fourth-order valence-corrected chi connectivity index (χ4v) is 1.24. The third kappa shape index (κ3) is 1.08. The quantitative estimate of drug-likeness (QED) is 0.487. The van der Waals surface area contributed by atoms with Gasteiger partial charge >= 0.3 is 0 Å². The van der Waals surface area contributed by atoms with Gasteiger partial charge in [-0.3, -0.25) is 0 Å². The molecule has 38 valence electrons. The van der Waals surface area contributed by atoms with E-state index in [1.54, 1.807) is 11.8 Å². The van der Waals surface area contributed by atoms with Gasteiger partial charge in [0.05, 0.1) is 6.07 Å². The molecule has 0 aromatic carbocycles. The number of nitrogens with zero attached hydrogens (tertiary/aromatic N) is 1. The molecule has 7 heavy (non-hydrogen) atoms. The van der Waals surface area contributed by atoms with Gasteiger partial charge in [0.15, 0.2) is 0 Å². The molecule has 1 fully saturated rings. The predicted molar refractivity (Wildman–Crippen MR) is 29.9 cm³/mol. The Labute approximate surface area is 46.9 Å². The van der Waals surface area contributed by atoms with E-state index in [-0.39, 0.29) is 5.25 Å². The molecule has 0 amide bonds. The summed E-state index contributed by atoms with van der Waals surface area (Å²) in [5, 5.41) is 11.5. The van der Waals surface area contributed by atoms with Gasteiger partial charge in [-0.25, -0.2) is 0 Å². The lowest BCUT2D eigenvalue weighted by atomic mass is 10.5. The van der Waals surface area contributed by atoms with E-state index in [4.69, 9.17) is 5.26 Å². The molecular weight excluding hydrogens is 108 g/mol. The average Bonchev–Trinajstić information content (AvgIpc) is 2.14. The van der Waals surface area contributed by atoms with Crippen LogP contribution in [0.3, 0.4) is 0 Å². The van der Waals surface area contributed by atoms with E-state index in [1.165, 1.54) is 0 Å². The van der Waals surface area contributed by atoms with Crippen molar-refractivity contribution in [2.24, 2.45) is 0 Å². The van der Waals surface area contributed by atoms with Gasteiger partial charge in [0.2, 0.25) is 0 Å². The van der Waals surface area contributed by atoms with Crippen molar-refractivity contribution in [3.8, 4) is 6.07 Å². The standard InChI is InChI=1S/C4H6N2S/c5-1-4-2-6-3-7-4/h4,6H,2-3H2. The fourth-order valence-electron chi connectivity index (χ4n) is 0.491. The highest BCUT2D eigenvalue weighted by molar-refractivity contribution is 8.00. The number of nitriles is 1. The van der Waals surface area contributed by atoms with Crippen LogP contribution in [0.4, 0.5) is 0 Å². The molecule has 0 aromatic heterocycles. The molecule has 1 aliphatic heterocycles. The van der Waals surface area contributed by atoms with Crippen LogP contribution in [0.25, 0.3) is 0 Å². The van der Waals surface area contributed by atoms with Crippen molar-refractivity contribution in [3.05, 3.63) is 0 Å². The van der Waals surface area contributed by atoms with Crippen LogP contribution in [0.2, 0.25) is 0 Å². The molecule has 0 aromatic rings. The van der Waals surface area contributed by atoms with Crippen molar-refractivity contribution in [1.29, 1.82) is 5.26 Å². The summed E-state index contributed by atoms with van der Waals surface area (Å²) in [6.07, 6.45) is 0. The lowest BCUT2D eigenvalue weighted by Gasteiger charge is -1.86. The van der Waals surface area contributed by atoms with E-state index in [2.05, 4.69) is 11.4 Å². The van der Waals surface area contributed by atoms with Crippen LogP contribution in [0.1, 0.15) is 0 Å². The van der Waals surface area contributed by atoms with Crippen LogP contribution in [0.15, 0.2) is 0 Å². The number of rotatable bonds is 0. The van der Waals surface area contributed by atoms with E-state index in [1.807, 2.05) is 0 Å². The second-order valence-electron chi connectivity index (χ2n) is 1.38. The smallest absolute Gasteiger partial charge is 0.105 e. The van der Waals surface area contributed by atoms with Crippen molar-refractivity contribution in [1.82, 2.24) is 5.32 Å². The number of hydrogen-bond acceptors (Lipinski definition) is 3. The number of hydrogen-bond donors (Lipinski definition) is 1. The largest absolute Gasteiger partial charge is 0.306 e. The molecule has 0 radical (unpaired) electrons. The van der Waals surface area contributed by atoms with Gasteiger partial charge in [0.1, 0.15) is 5.25 Å². The molecule has 3 heteroatoms. The summed E-state index contributed by atoms with van der Waals surface area (Å²) in [5.74, 6) is 0.943. The maximum atomic E-state index is 8.26. The maximum absolute atomic E-state index is 8.26. The van der Waals surface area contributed by atoms with Crippen molar-refractivity contribution in [2.75, 3.05) is 12.4 Å². The van der Waals surface area contributed by atoms with Crippen molar-refractivity contribution < 1.29 is 0 Å². The Kier molecular flexibility index (Phi) is 1.55. The molecule has 1 rings (SSSR count). The van der Waals surface area contributed by atoms with Gasteiger partial charge in [-0.2, -0.15) is 5.26 Å². The predicted octanol–water partition coefficient (Wildman–Crippen LogP) is 0.172. The Balaban J connectivity index is 2.31. The molecule has 1 saturated heterocycles. The Bertz CT molecular complexity index is 90.4. The molecule has 1 aliphatic rings. The molecule has 1 unspecified atom stereocenters. The first kappa shape index (κ1) is 4.95. The van der Waals surface area contributed by atoms with E-state index in [9.17, 15) is 0 Å².